The Bertz CT molecular complexity index is 1050. The Morgan fingerprint density at radius 2 is 1.70 bits per heavy atom. The molecule has 1 aliphatic rings. The second-order valence-corrected chi connectivity index (χ2v) is 8.90. The number of ether oxygens (including phenoxy) is 1. The fourth-order valence-corrected chi connectivity index (χ4v) is 4.50. The first-order valence-electron chi connectivity index (χ1n) is 11.2. The molecule has 8 nitrogen and oxygen atoms in total. The van der Waals surface area contributed by atoms with E-state index in [-0.39, 0.29) is 11.8 Å². The monoisotopic (exact) mass is 468 g/mol. The highest BCUT2D eigenvalue weighted by Crippen LogP contribution is 2.21. The van der Waals surface area contributed by atoms with Gasteiger partial charge < -0.3 is 19.1 Å². The molecular formula is C24H28N4O4S. The fourth-order valence-electron chi connectivity index (χ4n) is 3.85. The van der Waals surface area contributed by atoms with Gasteiger partial charge in [-0.3, -0.25) is 9.59 Å². The minimum Gasteiger partial charge on any atom is -0.497 e. The summed E-state index contributed by atoms with van der Waals surface area (Å²) in [5, 5.41) is 5.95. The van der Waals surface area contributed by atoms with Crippen molar-refractivity contribution in [3.8, 4) is 16.5 Å². The molecule has 33 heavy (non-hydrogen) atoms. The van der Waals surface area contributed by atoms with Crippen molar-refractivity contribution in [1.82, 2.24) is 19.9 Å². The first-order valence-corrected chi connectivity index (χ1v) is 12.1. The van der Waals surface area contributed by atoms with E-state index in [1.54, 1.807) is 18.4 Å². The lowest BCUT2D eigenvalue weighted by Crippen LogP contribution is -2.37. The lowest BCUT2D eigenvalue weighted by atomic mass is 10.1. The number of benzene rings is 1. The Morgan fingerprint density at radius 1 is 1.00 bits per heavy atom. The van der Waals surface area contributed by atoms with E-state index in [4.69, 9.17) is 9.26 Å². The maximum absolute atomic E-state index is 12.7. The number of carbonyl (C=O) groups excluding carboxylic acids is 2. The molecular weight excluding hydrogens is 440 g/mol. The standard InChI is InChI=1S/C24H28N4O4S/c1-31-19-8-5-18(6-9-19)7-11-22(29)27-13-3-14-28(16-15-27)23(30)12-10-21-25-24(26-32-21)20-4-2-17-33-20/h2,4-6,8-9,17H,3,7,10-16H2,1H3. The van der Waals surface area contributed by atoms with Gasteiger partial charge in [0.15, 0.2) is 0 Å². The highest BCUT2D eigenvalue weighted by molar-refractivity contribution is 7.13. The zero-order valence-electron chi connectivity index (χ0n) is 18.7. The van der Waals surface area contributed by atoms with Crippen molar-refractivity contribution in [2.75, 3.05) is 33.3 Å². The van der Waals surface area contributed by atoms with Crippen LogP contribution in [0.25, 0.3) is 10.7 Å². The molecule has 0 bridgehead atoms. The molecule has 0 aliphatic carbocycles. The van der Waals surface area contributed by atoms with Gasteiger partial charge in [0.05, 0.1) is 12.0 Å². The molecule has 1 fully saturated rings. The number of aryl methyl sites for hydroxylation is 2. The van der Waals surface area contributed by atoms with Crippen LogP contribution in [0, 0.1) is 0 Å². The molecule has 0 unspecified atom stereocenters. The number of nitrogens with zero attached hydrogens (tertiary/aromatic N) is 4. The normalized spacial score (nSPS) is 14.2. The Balaban J connectivity index is 1.21. The van der Waals surface area contributed by atoms with Crippen molar-refractivity contribution in [2.45, 2.75) is 32.1 Å². The second-order valence-electron chi connectivity index (χ2n) is 7.95. The maximum atomic E-state index is 12.7. The summed E-state index contributed by atoms with van der Waals surface area (Å²) in [5.74, 6) is 2.03. The van der Waals surface area contributed by atoms with Crippen molar-refractivity contribution in [3.05, 3.63) is 53.2 Å². The van der Waals surface area contributed by atoms with Crippen molar-refractivity contribution < 1.29 is 18.8 Å². The molecule has 1 aromatic carbocycles. The summed E-state index contributed by atoms with van der Waals surface area (Å²) in [6.45, 7) is 2.46. The van der Waals surface area contributed by atoms with E-state index in [1.807, 2.05) is 51.6 Å². The van der Waals surface area contributed by atoms with Crippen LogP contribution < -0.4 is 4.74 Å². The SMILES string of the molecule is COc1ccc(CCC(=O)N2CCCN(C(=O)CCc3nc(-c4cccs4)no3)CC2)cc1. The third-order valence-electron chi connectivity index (χ3n) is 5.75. The van der Waals surface area contributed by atoms with Crippen molar-refractivity contribution in [2.24, 2.45) is 0 Å². The topological polar surface area (TPSA) is 88.8 Å². The molecule has 9 heteroatoms. The average molecular weight is 469 g/mol. The van der Waals surface area contributed by atoms with E-state index in [1.165, 1.54) is 0 Å². The van der Waals surface area contributed by atoms with Crippen LogP contribution in [0.15, 0.2) is 46.3 Å². The number of methoxy groups -OCH3 is 1. The minimum absolute atomic E-state index is 0.0541. The summed E-state index contributed by atoms with van der Waals surface area (Å²) in [7, 11) is 1.64. The van der Waals surface area contributed by atoms with Crippen LogP contribution in [0.5, 0.6) is 5.75 Å². The van der Waals surface area contributed by atoms with Crippen molar-refractivity contribution >= 4 is 23.2 Å². The van der Waals surface area contributed by atoms with Gasteiger partial charge in [0.25, 0.3) is 0 Å². The first-order chi connectivity index (χ1) is 16.1. The molecule has 0 atom stereocenters. The zero-order chi connectivity index (χ0) is 23.0. The van der Waals surface area contributed by atoms with Crippen LogP contribution in [0.4, 0.5) is 0 Å². The number of rotatable bonds is 8. The summed E-state index contributed by atoms with van der Waals surface area (Å²) >= 11 is 1.55. The van der Waals surface area contributed by atoms with E-state index in [9.17, 15) is 9.59 Å². The Kier molecular flexibility index (Phi) is 7.72. The van der Waals surface area contributed by atoms with Gasteiger partial charge in [0, 0.05) is 45.4 Å². The van der Waals surface area contributed by atoms with Gasteiger partial charge in [0.1, 0.15) is 5.75 Å². The lowest BCUT2D eigenvalue weighted by Gasteiger charge is -2.22. The van der Waals surface area contributed by atoms with Crippen LogP contribution in [0.3, 0.4) is 0 Å². The van der Waals surface area contributed by atoms with E-state index in [2.05, 4.69) is 10.1 Å². The van der Waals surface area contributed by atoms with Crippen LogP contribution >= 0.6 is 11.3 Å². The van der Waals surface area contributed by atoms with Gasteiger partial charge in [0.2, 0.25) is 23.5 Å². The Morgan fingerprint density at radius 3 is 2.33 bits per heavy atom. The van der Waals surface area contributed by atoms with Crippen LogP contribution in [-0.2, 0) is 22.4 Å². The van der Waals surface area contributed by atoms with Gasteiger partial charge >= 0.3 is 0 Å². The first kappa shape index (κ1) is 23.0. The van der Waals surface area contributed by atoms with E-state index in [0.717, 1.165) is 22.6 Å². The molecule has 3 aromatic rings. The Labute approximate surface area is 197 Å². The fraction of sp³-hybridized carbons (Fsp3) is 0.417. The average Bonchev–Trinajstić information content (AvgIpc) is 3.48. The molecule has 0 spiro atoms. The Hall–Kier alpha value is -3.20. The minimum atomic E-state index is 0.0541. The largest absolute Gasteiger partial charge is 0.497 e. The smallest absolute Gasteiger partial charge is 0.227 e. The number of amides is 2. The number of hydrogen-bond donors (Lipinski definition) is 0. The van der Waals surface area contributed by atoms with Crippen LogP contribution in [-0.4, -0.2) is 65.0 Å². The summed E-state index contributed by atoms with van der Waals surface area (Å²) in [6.07, 6.45) is 2.67. The quantitative estimate of drug-likeness (QED) is 0.503. The molecule has 1 saturated heterocycles. The third kappa shape index (κ3) is 6.19. The second kappa shape index (κ2) is 11.1. The van der Waals surface area contributed by atoms with Gasteiger partial charge in [-0.25, -0.2) is 0 Å². The van der Waals surface area contributed by atoms with E-state index >= 15 is 0 Å². The molecule has 2 aromatic heterocycles. The van der Waals surface area contributed by atoms with Crippen LogP contribution in [0.2, 0.25) is 0 Å². The van der Waals surface area contributed by atoms with E-state index in [0.29, 0.717) is 63.6 Å². The molecule has 3 heterocycles. The van der Waals surface area contributed by atoms with Gasteiger partial charge in [-0.15, -0.1) is 11.3 Å². The van der Waals surface area contributed by atoms with Gasteiger partial charge in [-0.05, 0) is 42.0 Å². The van der Waals surface area contributed by atoms with E-state index < -0.39 is 0 Å². The molecule has 1 aliphatic heterocycles. The highest BCUT2D eigenvalue weighted by atomic mass is 32.1. The molecule has 174 valence electrons. The third-order valence-corrected chi connectivity index (χ3v) is 6.62. The molecule has 0 radical (unpaired) electrons. The number of thiophene rings is 1. The maximum Gasteiger partial charge on any atom is 0.227 e. The molecule has 0 N–H and O–H groups in total. The van der Waals surface area contributed by atoms with Crippen molar-refractivity contribution in [1.29, 1.82) is 0 Å². The van der Waals surface area contributed by atoms with Crippen molar-refractivity contribution in [3.63, 3.8) is 0 Å². The number of aromatic nitrogens is 2. The molecule has 4 rings (SSSR count). The summed E-state index contributed by atoms with van der Waals surface area (Å²) in [4.78, 5) is 34.5. The highest BCUT2D eigenvalue weighted by Gasteiger charge is 2.22. The predicted octanol–water partition coefficient (Wildman–Crippen LogP) is 3.43. The predicted molar refractivity (Wildman–Crippen MR) is 125 cm³/mol. The number of hydrogen-bond acceptors (Lipinski definition) is 7. The molecule has 2 amide bonds. The summed E-state index contributed by atoms with van der Waals surface area (Å²) < 4.78 is 10.5. The van der Waals surface area contributed by atoms with Crippen LogP contribution in [0.1, 0.15) is 30.7 Å². The summed E-state index contributed by atoms with van der Waals surface area (Å²) in [5.41, 5.74) is 1.11. The number of carbonyl (C=O) groups is 2. The van der Waals surface area contributed by atoms with Gasteiger partial charge in [-0.2, -0.15) is 4.98 Å². The van der Waals surface area contributed by atoms with Gasteiger partial charge in [-0.1, -0.05) is 23.4 Å². The summed E-state index contributed by atoms with van der Waals surface area (Å²) in [6, 6.07) is 11.7. The zero-order valence-corrected chi connectivity index (χ0v) is 19.6. The molecule has 0 saturated carbocycles. The lowest BCUT2D eigenvalue weighted by molar-refractivity contribution is -0.133.